The number of fused-ring (bicyclic) bond motifs is 1. The smallest absolute Gasteiger partial charge is 0.0236 e. The Labute approximate surface area is 118 Å². The molecule has 1 unspecified atom stereocenters. The van der Waals surface area contributed by atoms with Crippen molar-refractivity contribution in [3.05, 3.63) is 35.4 Å². The lowest BCUT2D eigenvalue weighted by atomic mass is 9.99. The lowest BCUT2D eigenvalue weighted by molar-refractivity contribution is 0.247. The summed E-state index contributed by atoms with van der Waals surface area (Å²) in [6, 6.07) is 9.57. The Morgan fingerprint density at radius 3 is 2.79 bits per heavy atom. The molecule has 0 bridgehead atoms. The van der Waals surface area contributed by atoms with Crippen molar-refractivity contribution in [2.24, 2.45) is 0 Å². The van der Waals surface area contributed by atoms with E-state index in [0.717, 1.165) is 13.1 Å². The van der Waals surface area contributed by atoms with Crippen LogP contribution in [0.1, 0.15) is 44.2 Å². The number of nitrogens with zero attached hydrogens (tertiary/aromatic N) is 1. The third-order valence-corrected chi connectivity index (χ3v) is 4.12. The lowest BCUT2D eigenvalue weighted by Crippen LogP contribution is -2.31. The highest BCUT2D eigenvalue weighted by atomic mass is 15.1. The fourth-order valence-electron chi connectivity index (χ4n) is 2.98. The van der Waals surface area contributed by atoms with Crippen molar-refractivity contribution in [3.63, 3.8) is 0 Å². The van der Waals surface area contributed by atoms with Crippen molar-refractivity contribution in [1.29, 1.82) is 0 Å². The van der Waals surface area contributed by atoms with Crippen molar-refractivity contribution in [2.45, 2.75) is 52.1 Å². The van der Waals surface area contributed by atoms with Crippen LogP contribution in [0.15, 0.2) is 24.3 Å². The van der Waals surface area contributed by atoms with Gasteiger partial charge >= 0.3 is 0 Å². The molecule has 19 heavy (non-hydrogen) atoms. The Morgan fingerprint density at radius 1 is 1.21 bits per heavy atom. The monoisotopic (exact) mass is 260 g/mol. The molecule has 1 aliphatic heterocycles. The maximum Gasteiger partial charge on any atom is 0.0236 e. The van der Waals surface area contributed by atoms with Gasteiger partial charge in [-0.2, -0.15) is 0 Å². The SMILES string of the molecule is CCNC(C)CCCCN1CCc2ccccc2C1. The first-order chi connectivity index (χ1) is 9.29. The van der Waals surface area contributed by atoms with Gasteiger partial charge in [-0.05, 0) is 50.4 Å². The summed E-state index contributed by atoms with van der Waals surface area (Å²) in [6.45, 7) is 9.21. The van der Waals surface area contributed by atoms with Crippen LogP contribution < -0.4 is 5.32 Å². The molecule has 0 spiro atoms. The van der Waals surface area contributed by atoms with Crippen LogP contribution in [-0.2, 0) is 13.0 Å². The summed E-state index contributed by atoms with van der Waals surface area (Å²) in [5, 5.41) is 3.48. The predicted octanol–water partition coefficient (Wildman–Crippen LogP) is 3.21. The molecule has 1 N–H and O–H groups in total. The third-order valence-electron chi connectivity index (χ3n) is 4.12. The summed E-state index contributed by atoms with van der Waals surface area (Å²) in [6.07, 6.45) is 5.20. The topological polar surface area (TPSA) is 15.3 Å². The zero-order valence-electron chi connectivity index (χ0n) is 12.5. The second kappa shape index (κ2) is 7.66. The highest BCUT2D eigenvalue weighted by molar-refractivity contribution is 5.28. The van der Waals surface area contributed by atoms with Gasteiger partial charge in [0, 0.05) is 19.1 Å². The van der Waals surface area contributed by atoms with E-state index in [4.69, 9.17) is 0 Å². The average molecular weight is 260 g/mol. The van der Waals surface area contributed by atoms with Gasteiger partial charge < -0.3 is 5.32 Å². The molecule has 2 heteroatoms. The molecular formula is C17H28N2. The number of unbranched alkanes of at least 4 members (excludes halogenated alkanes) is 1. The number of rotatable bonds is 7. The van der Waals surface area contributed by atoms with Gasteiger partial charge in [0.25, 0.3) is 0 Å². The summed E-state index contributed by atoms with van der Waals surface area (Å²) >= 11 is 0. The molecule has 1 aromatic rings. The van der Waals surface area contributed by atoms with Gasteiger partial charge in [0.05, 0.1) is 0 Å². The standard InChI is InChI=1S/C17H28N2/c1-3-18-15(2)8-6-7-12-19-13-11-16-9-4-5-10-17(16)14-19/h4-5,9-10,15,18H,3,6-8,11-14H2,1-2H3. The Morgan fingerprint density at radius 2 is 2.00 bits per heavy atom. The maximum absolute atomic E-state index is 3.48. The normalized spacial score (nSPS) is 17.2. The van der Waals surface area contributed by atoms with E-state index < -0.39 is 0 Å². The fourth-order valence-corrected chi connectivity index (χ4v) is 2.98. The molecule has 0 aromatic heterocycles. The average Bonchev–Trinajstić information content (AvgIpc) is 2.44. The molecule has 1 aromatic carbocycles. The molecule has 0 fully saturated rings. The largest absolute Gasteiger partial charge is 0.315 e. The second-order valence-electron chi connectivity index (χ2n) is 5.75. The van der Waals surface area contributed by atoms with E-state index in [1.807, 2.05) is 0 Å². The van der Waals surface area contributed by atoms with E-state index >= 15 is 0 Å². The van der Waals surface area contributed by atoms with Gasteiger partial charge in [0.1, 0.15) is 0 Å². The first-order valence-corrected chi connectivity index (χ1v) is 7.82. The van der Waals surface area contributed by atoms with Gasteiger partial charge in [0.2, 0.25) is 0 Å². The minimum absolute atomic E-state index is 0.673. The molecule has 1 aliphatic rings. The first-order valence-electron chi connectivity index (χ1n) is 7.82. The van der Waals surface area contributed by atoms with Crippen molar-refractivity contribution in [1.82, 2.24) is 10.2 Å². The van der Waals surface area contributed by atoms with Crippen LogP contribution in [0.3, 0.4) is 0 Å². The van der Waals surface area contributed by atoms with Gasteiger partial charge in [-0.3, -0.25) is 4.90 Å². The van der Waals surface area contributed by atoms with Gasteiger partial charge in [-0.25, -0.2) is 0 Å². The van der Waals surface area contributed by atoms with Crippen LogP contribution in [0.2, 0.25) is 0 Å². The summed E-state index contributed by atoms with van der Waals surface area (Å²) in [7, 11) is 0. The van der Waals surface area contributed by atoms with Gasteiger partial charge in [0.15, 0.2) is 0 Å². The van der Waals surface area contributed by atoms with Gasteiger partial charge in [-0.15, -0.1) is 0 Å². The molecule has 0 radical (unpaired) electrons. The Balaban J connectivity index is 1.66. The van der Waals surface area contributed by atoms with E-state index in [9.17, 15) is 0 Å². The zero-order valence-corrected chi connectivity index (χ0v) is 12.5. The van der Waals surface area contributed by atoms with Crippen molar-refractivity contribution in [2.75, 3.05) is 19.6 Å². The predicted molar refractivity (Wildman–Crippen MR) is 82.4 cm³/mol. The van der Waals surface area contributed by atoms with Crippen LogP contribution >= 0.6 is 0 Å². The lowest BCUT2D eigenvalue weighted by Gasteiger charge is -2.28. The highest BCUT2D eigenvalue weighted by Gasteiger charge is 2.14. The Bertz CT molecular complexity index is 375. The summed E-state index contributed by atoms with van der Waals surface area (Å²) in [4.78, 5) is 2.61. The molecule has 0 saturated heterocycles. The van der Waals surface area contributed by atoms with Crippen LogP contribution in [0.4, 0.5) is 0 Å². The van der Waals surface area contributed by atoms with E-state index in [1.165, 1.54) is 44.3 Å². The summed E-state index contributed by atoms with van der Waals surface area (Å²) in [5.74, 6) is 0. The van der Waals surface area contributed by atoms with E-state index in [-0.39, 0.29) is 0 Å². The maximum atomic E-state index is 3.48. The van der Waals surface area contributed by atoms with E-state index in [0.29, 0.717) is 6.04 Å². The number of nitrogens with one attached hydrogen (secondary N) is 1. The molecular weight excluding hydrogens is 232 g/mol. The summed E-state index contributed by atoms with van der Waals surface area (Å²) < 4.78 is 0. The molecule has 1 heterocycles. The quantitative estimate of drug-likeness (QED) is 0.757. The van der Waals surface area contributed by atoms with Crippen LogP contribution in [0.25, 0.3) is 0 Å². The molecule has 2 nitrogen and oxygen atoms in total. The van der Waals surface area contributed by atoms with Crippen molar-refractivity contribution >= 4 is 0 Å². The Hall–Kier alpha value is -0.860. The van der Waals surface area contributed by atoms with Gasteiger partial charge in [-0.1, -0.05) is 37.6 Å². The van der Waals surface area contributed by atoms with Crippen LogP contribution in [0.5, 0.6) is 0 Å². The molecule has 1 atom stereocenters. The molecule has 0 aliphatic carbocycles. The minimum Gasteiger partial charge on any atom is -0.315 e. The third kappa shape index (κ3) is 4.63. The molecule has 2 rings (SSSR count). The number of benzene rings is 1. The summed E-state index contributed by atoms with van der Waals surface area (Å²) in [5.41, 5.74) is 3.09. The Kier molecular flexibility index (Phi) is 5.87. The highest BCUT2D eigenvalue weighted by Crippen LogP contribution is 2.18. The first kappa shape index (κ1) is 14.5. The zero-order chi connectivity index (χ0) is 13.5. The van der Waals surface area contributed by atoms with Crippen LogP contribution in [-0.4, -0.2) is 30.6 Å². The molecule has 106 valence electrons. The van der Waals surface area contributed by atoms with E-state index in [1.54, 1.807) is 5.56 Å². The fraction of sp³-hybridized carbons (Fsp3) is 0.647. The van der Waals surface area contributed by atoms with Crippen molar-refractivity contribution in [3.8, 4) is 0 Å². The second-order valence-corrected chi connectivity index (χ2v) is 5.75. The van der Waals surface area contributed by atoms with Crippen molar-refractivity contribution < 1.29 is 0 Å². The molecule has 0 amide bonds. The minimum atomic E-state index is 0.673. The van der Waals surface area contributed by atoms with Crippen LogP contribution in [0, 0.1) is 0 Å². The van der Waals surface area contributed by atoms with E-state index in [2.05, 4.69) is 48.3 Å². The molecule has 0 saturated carbocycles. The number of hydrogen-bond donors (Lipinski definition) is 1. The number of hydrogen-bond acceptors (Lipinski definition) is 2.